The van der Waals surface area contributed by atoms with E-state index in [0.717, 1.165) is 17.9 Å². The van der Waals surface area contributed by atoms with Gasteiger partial charge >= 0.3 is 0 Å². The van der Waals surface area contributed by atoms with Crippen molar-refractivity contribution >= 4 is 11.9 Å². The molecule has 1 aromatic rings. The Morgan fingerprint density at radius 2 is 2.25 bits per heavy atom. The molecule has 0 aliphatic carbocycles. The van der Waals surface area contributed by atoms with Gasteiger partial charge in [0.1, 0.15) is 5.76 Å². The van der Waals surface area contributed by atoms with E-state index in [2.05, 4.69) is 11.8 Å². The van der Waals surface area contributed by atoms with Crippen molar-refractivity contribution in [2.75, 3.05) is 13.6 Å². The Hall–Kier alpha value is -1.35. The van der Waals surface area contributed by atoms with E-state index in [4.69, 9.17) is 4.42 Å². The van der Waals surface area contributed by atoms with Crippen LogP contribution in [-0.4, -0.2) is 30.3 Å². The van der Waals surface area contributed by atoms with Crippen LogP contribution in [0.1, 0.15) is 19.6 Å². The smallest absolute Gasteiger partial charge is 0.164 e. The summed E-state index contributed by atoms with van der Waals surface area (Å²) in [7, 11) is 2.05. The van der Waals surface area contributed by atoms with Crippen LogP contribution in [0.25, 0.3) is 6.08 Å². The maximum Gasteiger partial charge on any atom is 0.164 e. The summed E-state index contributed by atoms with van der Waals surface area (Å²) in [6.07, 6.45) is 3.48. The van der Waals surface area contributed by atoms with Gasteiger partial charge in [0.05, 0.1) is 6.26 Å². The molecule has 3 heteroatoms. The van der Waals surface area contributed by atoms with E-state index in [0.29, 0.717) is 0 Å². The van der Waals surface area contributed by atoms with Crippen LogP contribution in [-0.2, 0) is 4.79 Å². The summed E-state index contributed by atoms with van der Waals surface area (Å²) in [5.74, 6) is 1.06. The number of piperidine rings is 1. The highest BCUT2D eigenvalue weighted by atomic mass is 16.3. The van der Waals surface area contributed by atoms with E-state index in [1.165, 1.54) is 0 Å². The Morgan fingerprint density at radius 3 is 2.88 bits per heavy atom. The fourth-order valence-electron chi connectivity index (χ4n) is 2.12. The lowest BCUT2D eigenvalue weighted by Crippen LogP contribution is -2.44. The molecule has 0 amide bonds. The molecule has 86 valence electrons. The summed E-state index contributed by atoms with van der Waals surface area (Å²) >= 11 is 0. The molecule has 1 fully saturated rings. The number of carbonyl (C=O) groups excluding carboxylic acids is 1. The van der Waals surface area contributed by atoms with Gasteiger partial charge in [-0.05, 0) is 32.2 Å². The van der Waals surface area contributed by atoms with Gasteiger partial charge in [-0.15, -0.1) is 0 Å². The number of nitrogens with zero attached hydrogens (tertiary/aromatic N) is 1. The largest absolute Gasteiger partial charge is 0.465 e. The summed E-state index contributed by atoms with van der Waals surface area (Å²) in [6, 6.07) is 3.86. The van der Waals surface area contributed by atoms with Gasteiger partial charge in [0, 0.05) is 24.1 Å². The molecule has 2 heterocycles. The van der Waals surface area contributed by atoms with Crippen LogP contribution < -0.4 is 0 Å². The maximum atomic E-state index is 12.1. The molecule has 0 spiro atoms. The number of likely N-dealkylation sites (N-methyl/N-ethyl adjacent to an activating group) is 1. The van der Waals surface area contributed by atoms with Crippen molar-refractivity contribution < 1.29 is 9.21 Å². The third kappa shape index (κ3) is 1.95. The zero-order chi connectivity index (χ0) is 11.7. The van der Waals surface area contributed by atoms with Gasteiger partial charge in [-0.3, -0.25) is 9.69 Å². The SMILES string of the molecule is C[C@@H]1CN(C)[C@@H](C)/C(=C/c2ccco2)C1=O. The molecule has 1 saturated heterocycles. The monoisotopic (exact) mass is 219 g/mol. The quantitative estimate of drug-likeness (QED) is 0.679. The van der Waals surface area contributed by atoms with Crippen LogP contribution in [0.2, 0.25) is 0 Å². The Kier molecular flexibility index (Phi) is 2.97. The van der Waals surface area contributed by atoms with Crippen molar-refractivity contribution in [3.05, 3.63) is 29.7 Å². The molecule has 1 aliphatic rings. The topological polar surface area (TPSA) is 33.5 Å². The summed E-state index contributed by atoms with van der Waals surface area (Å²) in [4.78, 5) is 14.3. The second-order valence-electron chi connectivity index (χ2n) is 4.50. The highest BCUT2D eigenvalue weighted by Crippen LogP contribution is 2.24. The van der Waals surface area contributed by atoms with E-state index in [1.807, 2.05) is 32.2 Å². The van der Waals surface area contributed by atoms with Crippen molar-refractivity contribution in [2.24, 2.45) is 5.92 Å². The summed E-state index contributed by atoms with van der Waals surface area (Å²) in [5, 5.41) is 0. The van der Waals surface area contributed by atoms with Crippen LogP contribution >= 0.6 is 0 Å². The summed E-state index contributed by atoms with van der Waals surface area (Å²) < 4.78 is 5.26. The fourth-order valence-corrected chi connectivity index (χ4v) is 2.12. The van der Waals surface area contributed by atoms with Gasteiger partial charge in [0.25, 0.3) is 0 Å². The molecule has 0 bridgehead atoms. The predicted molar refractivity (Wildman–Crippen MR) is 62.9 cm³/mol. The molecule has 2 rings (SSSR count). The first-order valence-corrected chi connectivity index (χ1v) is 5.59. The van der Waals surface area contributed by atoms with Gasteiger partial charge in [-0.1, -0.05) is 6.92 Å². The van der Waals surface area contributed by atoms with Crippen LogP contribution in [0, 0.1) is 5.92 Å². The predicted octanol–water partition coefficient (Wildman–Crippen LogP) is 2.20. The number of carbonyl (C=O) groups is 1. The standard InChI is InChI=1S/C13H17NO2/c1-9-8-14(3)10(2)12(13(9)15)7-11-5-4-6-16-11/h4-7,9-10H,8H2,1-3H3/b12-7-/t9-,10+/m1/s1. The van der Waals surface area contributed by atoms with Crippen molar-refractivity contribution in [3.63, 3.8) is 0 Å². The number of hydrogen-bond donors (Lipinski definition) is 0. The molecule has 1 aliphatic heterocycles. The number of rotatable bonds is 1. The Balaban J connectivity index is 2.33. The molecule has 0 radical (unpaired) electrons. The molecular formula is C13H17NO2. The number of likely N-dealkylation sites (tertiary alicyclic amines) is 1. The molecule has 3 nitrogen and oxygen atoms in total. The van der Waals surface area contributed by atoms with Crippen LogP contribution in [0.4, 0.5) is 0 Å². The van der Waals surface area contributed by atoms with E-state index in [9.17, 15) is 4.79 Å². The van der Waals surface area contributed by atoms with Gasteiger partial charge < -0.3 is 4.42 Å². The molecule has 1 aromatic heterocycles. The van der Waals surface area contributed by atoms with Crippen LogP contribution in [0.15, 0.2) is 28.4 Å². The second-order valence-corrected chi connectivity index (χ2v) is 4.50. The number of ketones is 1. The van der Waals surface area contributed by atoms with E-state index < -0.39 is 0 Å². The van der Waals surface area contributed by atoms with Crippen molar-refractivity contribution in [2.45, 2.75) is 19.9 Å². The van der Waals surface area contributed by atoms with Gasteiger partial charge in [0.2, 0.25) is 0 Å². The normalized spacial score (nSPS) is 29.9. The minimum atomic E-state index is 0.0717. The molecule has 0 saturated carbocycles. The van der Waals surface area contributed by atoms with Crippen LogP contribution in [0.3, 0.4) is 0 Å². The Labute approximate surface area is 95.7 Å². The highest BCUT2D eigenvalue weighted by molar-refractivity contribution is 6.02. The zero-order valence-corrected chi connectivity index (χ0v) is 9.93. The molecule has 0 unspecified atom stereocenters. The Morgan fingerprint density at radius 1 is 1.50 bits per heavy atom. The van der Waals surface area contributed by atoms with E-state index in [-0.39, 0.29) is 17.7 Å². The molecule has 16 heavy (non-hydrogen) atoms. The minimum absolute atomic E-state index is 0.0717. The molecular weight excluding hydrogens is 202 g/mol. The van der Waals surface area contributed by atoms with Gasteiger partial charge in [-0.25, -0.2) is 0 Å². The van der Waals surface area contributed by atoms with Crippen molar-refractivity contribution in [3.8, 4) is 0 Å². The van der Waals surface area contributed by atoms with Gasteiger partial charge in [-0.2, -0.15) is 0 Å². The summed E-state index contributed by atoms with van der Waals surface area (Å²) in [5.41, 5.74) is 0.844. The fraction of sp³-hybridized carbons (Fsp3) is 0.462. The van der Waals surface area contributed by atoms with E-state index >= 15 is 0 Å². The lowest BCUT2D eigenvalue weighted by Gasteiger charge is -2.34. The lowest BCUT2D eigenvalue weighted by atomic mass is 9.88. The average Bonchev–Trinajstić information content (AvgIpc) is 2.74. The zero-order valence-electron chi connectivity index (χ0n) is 9.93. The Bertz CT molecular complexity index is 406. The third-order valence-electron chi connectivity index (χ3n) is 3.25. The van der Waals surface area contributed by atoms with Crippen molar-refractivity contribution in [1.29, 1.82) is 0 Å². The minimum Gasteiger partial charge on any atom is -0.465 e. The third-order valence-corrected chi connectivity index (χ3v) is 3.25. The lowest BCUT2D eigenvalue weighted by molar-refractivity contribution is -0.121. The van der Waals surface area contributed by atoms with Crippen LogP contribution in [0.5, 0.6) is 0 Å². The summed E-state index contributed by atoms with van der Waals surface area (Å²) in [6.45, 7) is 4.86. The number of furan rings is 1. The van der Waals surface area contributed by atoms with E-state index in [1.54, 1.807) is 6.26 Å². The molecule has 2 atom stereocenters. The molecule has 0 aromatic carbocycles. The first-order chi connectivity index (χ1) is 7.59. The first-order valence-electron chi connectivity index (χ1n) is 5.59. The highest BCUT2D eigenvalue weighted by Gasteiger charge is 2.31. The molecule has 0 N–H and O–H groups in total. The average molecular weight is 219 g/mol. The second kappa shape index (κ2) is 4.26. The maximum absolute atomic E-state index is 12.1. The first kappa shape index (κ1) is 11.1. The van der Waals surface area contributed by atoms with Crippen molar-refractivity contribution in [1.82, 2.24) is 4.90 Å². The van der Waals surface area contributed by atoms with Gasteiger partial charge in [0.15, 0.2) is 5.78 Å². The number of Topliss-reactive ketones (excluding diaryl/α,β-unsaturated/α-hetero) is 1. The number of hydrogen-bond acceptors (Lipinski definition) is 3.